The number of benzene rings is 1. The van der Waals surface area contributed by atoms with E-state index < -0.39 is 30.4 Å². The topological polar surface area (TPSA) is 113 Å². The lowest BCUT2D eigenvalue weighted by molar-refractivity contribution is -0.139. The third kappa shape index (κ3) is 4.25. The minimum absolute atomic E-state index is 0.0231. The molecule has 28 heavy (non-hydrogen) atoms. The van der Waals surface area contributed by atoms with Crippen molar-refractivity contribution in [2.24, 2.45) is 0 Å². The largest absolute Gasteiger partial charge is 0.493 e. The molecule has 1 fully saturated rings. The third-order valence-corrected chi connectivity index (χ3v) is 4.16. The van der Waals surface area contributed by atoms with Gasteiger partial charge in [0.25, 0.3) is 11.8 Å². The van der Waals surface area contributed by atoms with Gasteiger partial charge in [0.1, 0.15) is 5.57 Å². The third-order valence-electron chi connectivity index (χ3n) is 3.88. The number of ether oxygens (including phenoxy) is 2. The van der Waals surface area contributed by atoms with Crippen LogP contribution in [0.3, 0.4) is 0 Å². The Morgan fingerprint density at radius 3 is 2.50 bits per heavy atom. The fourth-order valence-corrected chi connectivity index (χ4v) is 2.85. The van der Waals surface area contributed by atoms with E-state index in [1.165, 1.54) is 32.4 Å². The maximum absolute atomic E-state index is 12.6. The number of aliphatic carboxylic acids is 1. The zero-order chi connectivity index (χ0) is 21.0. The van der Waals surface area contributed by atoms with Gasteiger partial charge < -0.3 is 14.6 Å². The van der Waals surface area contributed by atoms with Gasteiger partial charge in [-0.2, -0.15) is 0 Å². The standard InChI is InChI=1S/C18H19ClN2O7/c1-4-5-21-17(25)11(16(24)20(2)18(21)26)6-10-7-12(19)15(13(8-10)27-3)28-9-14(22)23/h6-8H,4-5,9H2,1-3H3,(H,22,23)/b11-6-. The van der Waals surface area contributed by atoms with Crippen LogP contribution in [-0.2, 0) is 14.4 Å². The molecule has 1 aliphatic heterocycles. The van der Waals surface area contributed by atoms with Crippen LogP contribution in [0.25, 0.3) is 6.08 Å². The van der Waals surface area contributed by atoms with Gasteiger partial charge in [0.2, 0.25) is 0 Å². The quantitative estimate of drug-likeness (QED) is 0.540. The second-order valence-corrected chi connectivity index (χ2v) is 6.29. The lowest BCUT2D eigenvalue weighted by Crippen LogP contribution is -2.54. The Bertz CT molecular complexity index is 866. The number of amides is 4. The maximum atomic E-state index is 12.6. The van der Waals surface area contributed by atoms with Crippen LogP contribution in [0, 0.1) is 0 Å². The van der Waals surface area contributed by atoms with Gasteiger partial charge in [-0.15, -0.1) is 0 Å². The van der Waals surface area contributed by atoms with Crippen molar-refractivity contribution in [2.75, 3.05) is 27.3 Å². The molecule has 0 saturated carbocycles. The molecular weight excluding hydrogens is 392 g/mol. The van der Waals surface area contributed by atoms with E-state index in [0.29, 0.717) is 12.0 Å². The van der Waals surface area contributed by atoms with E-state index in [1.807, 2.05) is 0 Å². The van der Waals surface area contributed by atoms with E-state index in [4.69, 9.17) is 26.2 Å². The molecule has 0 aromatic heterocycles. The van der Waals surface area contributed by atoms with Gasteiger partial charge in [0.15, 0.2) is 18.1 Å². The number of rotatable bonds is 7. The summed E-state index contributed by atoms with van der Waals surface area (Å²) in [5, 5.41) is 8.78. The number of methoxy groups -OCH3 is 1. The van der Waals surface area contributed by atoms with Crippen LogP contribution < -0.4 is 9.47 Å². The number of carbonyl (C=O) groups excluding carboxylic acids is 3. The maximum Gasteiger partial charge on any atom is 0.341 e. The molecule has 1 saturated heterocycles. The number of urea groups is 1. The van der Waals surface area contributed by atoms with E-state index in [0.717, 1.165) is 9.80 Å². The second kappa shape index (κ2) is 8.75. The lowest BCUT2D eigenvalue weighted by Gasteiger charge is -2.31. The number of hydrogen-bond acceptors (Lipinski definition) is 6. The fraction of sp³-hybridized carbons (Fsp3) is 0.333. The molecule has 0 aliphatic carbocycles. The molecule has 150 valence electrons. The number of carbonyl (C=O) groups is 4. The summed E-state index contributed by atoms with van der Waals surface area (Å²) in [5.41, 5.74) is 0.147. The Kier molecular flexibility index (Phi) is 6.63. The number of hydrogen-bond donors (Lipinski definition) is 1. The molecule has 4 amide bonds. The molecule has 0 spiro atoms. The number of carboxylic acid groups (broad SMARTS) is 1. The second-order valence-electron chi connectivity index (χ2n) is 5.88. The summed E-state index contributed by atoms with van der Waals surface area (Å²) in [6.07, 6.45) is 1.84. The van der Waals surface area contributed by atoms with E-state index in [-0.39, 0.29) is 28.6 Å². The first-order valence-electron chi connectivity index (χ1n) is 8.28. The number of nitrogens with zero attached hydrogens (tertiary/aromatic N) is 2. The predicted molar refractivity (Wildman–Crippen MR) is 99.3 cm³/mol. The van der Waals surface area contributed by atoms with Crippen molar-refractivity contribution in [1.29, 1.82) is 0 Å². The average Bonchev–Trinajstić information content (AvgIpc) is 2.65. The highest BCUT2D eigenvalue weighted by Crippen LogP contribution is 2.37. The van der Waals surface area contributed by atoms with Crippen LogP contribution in [0.15, 0.2) is 17.7 Å². The number of barbiturate groups is 1. The van der Waals surface area contributed by atoms with E-state index in [9.17, 15) is 19.2 Å². The zero-order valence-electron chi connectivity index (χ0n) is 15.5. The molecule has 10 heteroatoms. The van der Waals surface area contributed by atoms with Crippen LogP contribution in [0.4, 0.5) is 4.79 Å². The summed E-state index contributed by atoms with van der Waals surface area (Å²) in [6, 6.07) is 2.16. The van der Waals surface area contributed by atoms with Crippen molar-refractivity contribution in [3.63, 3.8) is 0 Å². The number of likely N-dealkylation sites (N-methyl/N-ethyl adjacent to an activating group) is 1. The smallest absolute Gasteiger partial charge is 0.341 e. The molecule has 0 atom stereocenters. The highest BCUT2D eigenvalue weighted by atomic mass is 35.5. The minimum Gasteiger partial charge on any atom is -0.493 e. The molecule has 1 N–H and O–H groups in total. The van der Waals surface area contributed by atoms with Gasteiger partial charge in [-0.25, -0.2) is 9.59 Å². The van der Waals surface area contributed by atoms with Gasteiger partial charge >= 0.3 is 12.0 Å². The van der Waals surface area contributed by atoms with Crippen molar-refractivity contribution in [3.05, 3.63) is 28.3 Å². The summed E-state index contributed by atoms with van der Waals surface area (Å²) in [6.45, 7) is 1.37. The van der Waals surface area contributed by atoms with Crippen molar-refractivity contribution < 1.29 is 33.8 Å². The van der Waals surface area contributed by atoms with Crippen LogP contribution in [0.1, 0.15) is 18.9 Å². The summed E-state index contributed by atoms with van der Waals surface area (Å²) in [5.74, 6) is -2.47. The SMILES string of the molecule is CCCN1C(=O)/C(=C\c2cc(Cl)c(OCC(=O)O)c(OC)c2)C(=O)N(C)C1=O. The molecule has 1 aliphatic rings. The molecule has 9 nitrogen and oxygen atoms in total. The van der Waals surface area contributed by atoms with E-state index >= 15 is 0 Å². The monoisotopic (exact) mass is 410 g/mol. The van der Waals surface area contributed by atoms with E-state index in [1.54, 1.807) is 6.92 Å². The molecule has 1 heterocycles. The van der Waals surface area contributed by atoms with Gasteiger partial charge in [-0.1, -0.05) is 18.5 Å². The highest BCUT2D eigenvalue weighted by Gasteiger charge is 2.39. The zero-order valence-corrected chi connectivity index (χ0v) is 16.3. The summed E-state index contributed by atoms with van der Waals surface area (Å²) >= 11 is 6.15. The minimum atomic E-state index is -1.19. The Hall–Kier alpha value is -3.07. The Morgan fingerprint density at radius 2 is 1.93 bits per heavy atom. The fourth-order valence-electron chi connectivity index (χ4n) is 2.58. The van der Waals surface area contributed by atoms with Crippen LogP contribution >= 0.6 is 11.6 Å². The molecule has 0 bridgehead atoms. The van der Waals surface area contributed by atoms with Crippen molar-refractivity contribution >= 4 is 41.5 Å². The Labute approximate surface area is 166 Å². The van der Waals surface area contributed by atoms with Gasteiger partial charge in [0, 0.05) is 13.6 Å². The normalized spacial score (nSPS) is 16.0. The van der Waals surface area contributed by atoms with Crippen molar-refractivity contribution in [2.45, 2.75) is 13.3 Å². The Morgan fingerprint density at radius 1 is 1.25 bits per heavy atom. The first kappa shape index (κ1) is 21.2. The Balaban J connectivity index is 2.46. The van der Waals surface area contributed by atoms with Gasteiger partial charge in [-0.05, 0) is 30.2 Å². The lowest BCUT2D eigenvalue weighted by atomic mass is 10.1. The van der Waals surface area contributed by atoms with Crippen molar-refractivity contribution in [1.82, 2.24) is 9.80 Å². The number of halogens is 1. The highest BCUT2D eigenvalue weighted by molar-refractivity contribution is 6.33. The van der Waals surface area contributed by atoms with Crippen LogP contribution in [-0.4, -0.2) is 66.0 Å². The summed E-state index contributed by atoms with van der Waals surface area (Å²) in [4.78, 5) is 49.7. The molecule has 1 aromatic rings. The number of carboxylic acids is 1. The first-order valence-corrected chi connectivity index (χ1v) is 8.66. The molecular formula is C18H19ClN2O7. The van der Waals surface area contributed by atoms with E-state index in [2.05, 4.69) is 0 Å². The van der Waals surface area contributed by atoms with Crippen LogP contribution in [0.2, 0.25) is 5.02 Å². The summed E-state index contributed by atoms with van der Waals surface area (Å²) < 4.78 is 10.3. The van der Waals surface area contributed by atoms with Crippen molar-refractivity contribution in [3.8, 4) is 11.5 Å². The molecule has 0 unspecified atom stereocenters. The van der Waals surface area contributed by atoms with Gasteiger partial charge in [0.05, 0.1) is 12.1 Å². The molecule has 2 rings (SSSR count). The average molecular weight is 411 g/mol. The molecule has 1 aromatic carbocycles. The van der Waals surface area contributed by atoms with Crippen LogP contribution in [0.5, 0.6) is 11.5 Å². The predicted octanol–water partition coefficient (Wildman–Crippen LogP) is 2.03. The number of imide groups is 2. The summed E-state index contributed by atoms with van der Waals surface area (Å²) in [7, 11) is 2.63. The first-order chi connectivity index (χ1) is 13.2. The van der Waals surface area contributed by atoms with Gasteiger partial charge in [-0.3, -0.25) is 19.4 Å². The molecule has 0 radical (unpaired) electrons.